The summed E-state index contributed by atoms with van der Waals surface area (Å²) in [5.74, 6) is 0.775. The van der Waals surface area contributed by atoms with Crippen molar-refractivity contribution in [1.82, 2.24) is 29.9 Å². The van der Waals surface area contributed by atoms with E-state index in [4.69, 9.17) is 24.3 Å². The summed E-state index contributed by atoms with van der Waals surface area (Å²) in [6, 6.07) is 8.65. The van der Waals surface area contributed by atoms with Gasteiger partial charge in [0.15, 0.2) is 11.6 Å². The fourth-order valence-electron chi connectivity index (χ4n) is 10.1. The summed E-state index contributed by atoms with van der Waals surface area (Å²) in [7, 11) is 0. The molecule has 3 saturated carbocycles. The summed E-state index contributed by atoms with van der Waals surface area (Å²) >= 11 is 0. The summed E-state index contributed by atoms with van der Waals surface area (Å²) in [6.07, 6.45) is 5.02. The number of esters is 1. The molecule has 8 rings (SSSR count). The van der Waals surface area contributed by atoms with Crippen LogP contribution in [0.15, 0.2) is 36.5 Å². The van der Waals surface area contributed by atoms with Crippen LogP contribution in [-0.2, 0) is 23.9 Å². The van der Waals surface area contributed by atoms with E-state index in [0.717, 1.165) is 51.0 Å². The Balaban J connectivity index is 1.07. The SMILES string of the molecule is CCC1C[C@]1(CC(=O)C1C[C@@H](Oc2cc(-n3ccc(NC(C)C)n3)nc3cc(OCCN4CCNCC4)ccc23)CN1C(=O)[C@@H](CC(=O)OC1C[C@@H]2C[C@@H]2C1)C(C)(C)C)C(=O)O. The van der Waals surface area contributed by atoms with Gasteiger partial charge in [0, 0.05) is 81.4 Å². The monoisotopic (exact) mass is 855 g/mol. The number of carbonyl (C=O) groups is 4. The van der Waals surface area contributed by atoms with Gasteiger partial charge in [0.1, 0.15) is 36.1 Å². The van der Waals surface area contributed by atoms with Gasteiger partial charge in [-0.25, -0.2) is 9.67 Å². The molecule has 4 heterocycles. The van der Waals surface area contributed by atoms with Crippen molar-refractivity contribution in [3.05, 3.63) is 36.5 Å². The second-order valence-electron chi connectivity index (χ2n) is 19.9. The quantitative estimate of drug-likeness (QED) is 0.132. The number of ether oxygens (including phenoxy) is 3. The van der Waals surface area contributed by atoms with Gasteiger partial charge in [-0.1, -0.05) is 34.1 Å². The number of rotatable bonds is 18. The molecule has 2 saturated heterocycles. The number of ketones is 1. The molecule has 5 aliphatic rings. The molecule has 3 unspecified atom stereocenters. The molecule has 1 amide bonds. The maximum atomic E-state index is 14.9. The number of carboxylic acid groups (broad SMARTS) is 1. The van der Waals surface area contributed by atoms with E-state index in [-0.39, 0.29) is 55.6 Å². The molecular weight excluding hydrogens is 791 g/mol. The van der Waals surface area contributed by atoms with E-state index in [0.29, 0.717) is 59.9 Å². The van der Waals surface area contributed by atoms with Crippen LogP contribution in [0.25, 0.3) is 16.7 Å². The lowest BCUT2D eigenvalue weighted by molar-refractivity contribution is -0.157. The van der Waals surface area contributed by atoms with E-state index < -0.39 is 40.8 Å². The standard InChI is InChI=1S/C47H65N7O8/c1-7-31-25-47(31,45(58)59)26-39(55)38-22-34(27-53(38)44(57)36(46(4,5)6)23-43(56)62-33-19-29-18-30(29)20-33)61-40-24-42(54-13-10-41(51-54)49-28(2)3)50-37-21-32(8-9-35(37)40)60-17-16-52-14-11-48-12-15-52/h8-10,13,21,24,28-31,33-34,36,38,48H,7,11-12,14-20,22-23,25-27H2,1-6H3,(H,49,51)(H,58,59)/t29-,30+,31?,33?,34-,36-,38?,47-/m1/s1. The second-order valence-corrected chi connectivity index (χ2v) is 19.9. The number of fused-ring (bicyclic) bond motifs is 2. The topological polar surface area (TPSA) is 177 Å². The maximum Gasteiger partial charge on any atom is 0.310 e. The largest absolute Gasteiger partial charge is 0.492 e. The molecule has 15 nitrogen and oxygen atoms in total. The number of anilines is 1. The molecule has 15 heteroatoms. The zero-order valence-electron chi connectivity index (χ0n) is 37.2. The van der Waals surface area contributed by atoms with E-state index in [2.05, 4.69) is 15.5 Å². The average Bonchev–Trinajstić information content (AvgIpc) is 3.89. The first kappa shape index (κ1) is 43.9. The third kappa shape index (κ3) is 9.73. The minimum absolute atomic E-state index is 0.0801. The van der Waals surface area contributed by atoms with Crippen molar-refractivity contribution in [3.63, 3.8) is 0 Å². The number of piperazine rings is 1. The van der Waals surface area contributed by atoms with Crippen molar-refractivity contribution < 1.29 is 38.5 Å². The van der Waals surface area contributed by atoms with Crippen LogP contribution in [-0.4, -0.2) is 123 Å². The Labute approximate surface area is 364 Å². The van der Waals surface area contributed by atoms with Crippen molar-refractivity contribution in [2.45, 2.75) is 117 Å². The first-order valence-electron chi connectivity index (χ1n) is 22.9. The molecule has 1 aromatic carbocycles. The molecule has 5 fully saturated rings. The van der Waals surface area contributed by atoms with Crippen molar-refractivity contribution in [2.75, 3.05) is 51.2 Å². The predicted molar refractivity (Wildman–Crippen MR) is 233 cm³/mol. The number of nitrogens with zero attached hydrogens (tertiary/aromatic N) is 5. The third-order valence-corrected chi connectivity index (χ3v) is 13.9. The lowest BCUT2D eigenvalue weighted by Gasteiger charge is -2.35. The highest BCUT2D eigenvalue weighted by atomic mass is 16.5. The summed E-state index contributed by atoms with van der Waals surface area (Å²) < 4.78 is 20.7. The van der Waals surface area contributed by atoms with Gasteiger partial charge in [0.2, 0.25) is 5.91 Å². The molecular formula is C47H65N7O8. The number of amides is 1. The number of aromatic nitrogens is 3. The van der Waals surface area contributed by atoms with Gasteiger partial charge < -0.3 is 34.9 Å². The number of hydrogen-bond donors (Lipinski definition) is 3. The molecule has 0 bridgehead atoms. The fraction of sp³-hybridized carbons (Fsp3) is 0.660. The van der Waals surface area contributed by atoms with Gasteiger partial charge in [-0.05, 0) is 74.8 Å². The van der Waals surface area contributed by atoms with Crippen molar-refractivity contribution in [3.8, 4) is 17.3 Å². The van der Waals surface area contributed by atoms with E-state index in [9.17, 15) is 24.3 Å². The Kier molecular flexibility index (Phi) is 12.6. The molecule has 2 aromatic heterocycles. The average molecular weight is 856 g/mol. The number of Topliss-reactive ketones (excluding diaryl/α,β-unsaturated/α-hetero) is 1. The normalized spacial score (nSPS) is 27.5. The highest BCUT2D eigenvalue weighted by Crippen LogP contribution is 2.58. The number of carboxylic acids is 1. The van der Waals surface area contributed by atoms with Gasteiger partial charge >= 0.3 is 11.9 Å². The number of benzene rings is 1. The van der Waals surface area contributed by atoms with Crippen LogP contribution >= 0.6 is 0 Å². The Morgan fingerprint density at radius 3 is 2.45 bits per heavy atom. The minimum atomic E-state index is -1.14. The maximum absolute atomic E-state index is 14.9. The summed E-state index contributed by atoms with van der Waals surface area (Å²) in [5, 5.41) is 22.5. The summed E-state index contributed by atoms with van der Waals surface area (Å²) in [5.41, 5.74) is -1.15. The summed E-state index contributed by atoms with van der Waals surface area (Å²) in [4.78, 5) is 64.3. The Morgan fingerprint density at radius 1 is 1.02 bits per heavy atom. The Bertz CT molecular complexity index is 2130. The second kappa shape index (κ2) is 17.8. The van der Waals surface area contributed by atoms with E-state index in [1.54, 1.807) is 9.58 Å². The van der Waals surface area contributed by atoms with Gasteiger partial charge in [-0.15, -0.1) is 5.10 Å². The van der Waals surface area contributed by atoms with Crippen LogP contribution in [0.4, 0.5) is 5.82 Å². The Hall–Kier alpha value is -4.76. The molecule has 3 N–H and O–H groups in total. The molecule has 8 atom stereocenters. The van der Waals surface area contributed by atoms with Gasteiger partial charge in [0.25, 0.3) is 0 Å². The van der Waals surface area contributed by atoms with E-state index in [1.165, 1.54) is 6.42 Å². The first-order valence-corrected chi connectivity index (χ1v) is 22.9. The molecule has 3 aliphatic carbocycles. The number of nitrogens with one attached hydrogen (secondary N) is 2. The van der Waals surface area contributed by atoms with Crippen LogP contribution in [0.5, 0.6) is 11.5 Å². The van der Waals surface area contributed by atoms with Crippen LogP contribution in [0, 0.1) is 34.5 Å². The van der Waals surface area contributed by atoms with Crippen molar-refractivity contribution in [2.24, 2.45) is 34.5 Å². The fourth-order valence-corrected chi connectivity index (χ4v) is 10.1. The van der Waals surface area contributed by atoms with Gasteiger partial charge in [-0.2, -0.15) is 0 Å². The smallest absolute Gasteiger partial charge is 0.310 e. The lowest BCUT2D eigenvalue weighted by atomic mass is 9.77. The molecule has 0 spiro atoms. The first-order chi connectivity index (χ1) is 29.6. The highest BCUT2D eigenvalue weighted by Gasteiger charge is 2.61. The van der Waals surface area contributed by atoms with Crippen LogP contribution in [0.2, 0.25) is 0 Å². The highest BCUT2D eigenvalue weighted by molar-refractivity contribution is 5.95. The van der Waals surface area contributed by atoms with Crippen molar-refractivity contribution in [1.29, 1.82) is 0 Å². The van der Waals surface area contributed by atoms with E-state index >= 15 is 0 Å². The van der Waals surface area contributed by atoms with Gasteiger partial charge in [0.05, 0.1) is 35.9 Å². The van der Waals surface area contributed by atoms with E-state index in [1.807, 2.05) is 78.1 Å². The van der Waals surface area contributed by atoms with Crippen LogP contribution < -0.4 is 20.1 Å². The predicted octanol–water partition coefficient (Wildman–Crippen LogP) is 5.73. The number of carbonyl (C=O) groups excluding carboxylic acids is 3. The Morgan fingerprint density at radius 2 is 1.77 bits per heavy atom. The molecule has 336 valence electrons. The van der Waals surface area contributed by atoms with Gasteiger partial charge in [-0.3, -0.25) is 24.1 Å². The molecule has 62 heavy (non-hydrogen) atoms. The van der Waals surface area contributed by atoms with Crippen LogP contribution in [0.1, 0.15) is 92.9 Å². The van der Waals surface area contributed by atoms with Crippen LogP contribution in [0.3, 0.4) is 0 Å². The summed E-state index contributed by atoms with van der Waals surface area (Å²) in [6.45, 7) is 17.1. The molecule has 0 radical (unpaired) electrons. The number of hydrogen-bond acceptors (Lipinski definition) is 12. The number of pyridine rings is 1. The third-order valence-electron chi connectivity index (χ3n) is 13.9. The number of likely N-dealkylation sites (tertiary alicyclic amines) is 1. The zero-order valence-corrected chi connectivity index (χ0v) is 37.2. The number of aliphatic carboxylic acids is 1. The minimum Gasteiger partial charge on any atom is -0.492 e. The zero-order chi connectivity index (χ0) is 43.9. The molecule has 2 aliphatic heterocycles. The lowest BCUT2D eigenvalue weighted by Crippen LogP contribution is -2.48. The van der Waals surface area contributed by atoms with Crippen molar-refractivity contribution >= 4 is 40.3 Å². The molecule has 3 aromatic rings.